The molecule has 124 valence electrons. The van der Waals surface area contributed by atoms with Gasteiger partial charge in [-0.1, -0.05) is 48.0 Å². The molecule has 0 aromatic heterocycles. The maximum absolute atomic E-state index is 12.6. The Kier molecular flexibility index (Phi) is 5.73. The van der Waals surface area contributed by atoms with Crippen LogP contribution in [0.5, 0.6) is 5.75 Å². The molecule has 5 nitrogen and oxygen atoms in total. The Bertz CT molecular complexity index is 749. The van der Waals surface area contributed by atoms with Crippen molar-refractivity contribution in [1.29, 1.82) is 0 Å². The monoisotopic (exact) mass is 325 g/mol. The SMILES string of the molecule is CCOC(=O)/C(C(=O)c1ccccc1)=C(\N)Oc1ccc(C)cc1. The minimum atomic E-state index is -0.809. The van der Waals surface area contributed by atoms with Gasteiger partial charge in [-0.3, -0.25) is 4.79 Å². The molecular weight excluding hydrogens is 306 g/mol. The zero-order valence-corrected chi connectivity index (χ0v) is 13.6. The van der Waals surface area contributed by atoms with Gasteiger partial charge in [-0.15, -0.1) is 0 Å². The van der Waals surface area contributed by atoms with E-state index in [1.807, 2.05) is 19.1 Å². The van der Waals surface area contributed by atoms with E-state index in [4.69, 9.17) is 15.2 Å². The summed E-state index contributed by atoms with van der Waals surface area (Å²) in [5.74, 6) is -1.21. The lowest BCUT2D eigenvalue weighted by Crippen LogP contribution is -2.24. The number of esters is 1. The van der Waals surface area contributed by atoms with E-state index in [1.54, 1.807) is 49.4 Å². The predicted octanol–water partition coefficient (Wildman–Crippen LogP) is 2.99. The topological polar surface area (TPSA) is 78.6 Å². The summed E-state index contributed by atoms with van der Waals surface area (Å²) in [7, 11) is 0. The van der Waals surface area contributed by atoms with E-state index in [1.165, 1.54) is 0 Å². The van der Waals surface area contributed by atoms with Gasteiger partial charge in [0.2, 0.25) is 11.7 Å². The van der Waals surface area contributed by atoms with Crippen LogP contribution < -0.4 is 10.5 Å². The van der Waals surface area contributed by atoms with Gasteiger partial charge in [0.1, 0.15) is 5.75 Å². The Morgan fingerprint density at radius 1 is 1.00 bits per heavy atom. The van der Waals surface area contributed by atoms with Gasteiger partial charge in [0, 0.05) is 5.56 Å². The minimum Gasteiger partial charge on any atom is -0.462 e. The molecule has 2 rings (SSSR count). The zero-order valence-electron chi connectivity index (χ0n) is 13.6. The number of aryl methyl sites for hydroxylation is 1. The molecule has 0 aliphatic carbocycles. The quantitative estimate of drug-likeness (QED) is 0.221. The van der Waals surface area contributed by atoms with E-state index in [0.717, 1.165) is 5.56 Å². The second-order valence-corrected chi connectivity index (χ2v) is 5.07. The highest BCUT2D eigenvalue weighted by molar-refractivity contribution is 6.24. The first kappa shape index (κ1) is 17.3. The normalized spacial score (nSPS) is 11.4. The molecule has 2 aromatic rings. The smallest absolute Gasteiger partial charge is 0.347 e. The van der Waals surface area contributed by atoms with Crippen molar-refractivity contribution in [3.8, 4) is 5.75 Å². The van der Waals surface area contributed by atoms with Crippen LogP contribution in [0, 0.1) is 6.92 Å². The number of benzene rings is 2. The maximum Gasteiger partial charge on any atom is 0.347 e. The molecule has 2 aromatic carbocycles. The molecule has 0 heterocycles. The summed E-state index contributed by atoms with van der Waals surface area (Å²) in [5.41, 5.74) is 6.96. The predicted molar refractivity (Wildman–Crippen MR) is 90.4 cm³/mol. The first-order valence-corrected chi connectivity index (χ1v) is 7.54. The summed E-state index contributed by atoms with van der Waals surface area (Å²) in [6, 6.07) is 15.5. The number of carbonyl (C=O) groups excluding carboxylic acids is 2. The summed E-state index contributed by atoms with van der Waals surface area (Å²) < 4.78 is 10.4. The van der Waals surface area contributed by atoms with Crippen LogP contribution in [-0.4, -0.2) is 18.4 Å². The molecule has 0 unspecified atom stereocenters. The highest BCUT2D eigenvalue weighted by atomic mass is 16.5. The molecule has 0 aliphatic rings. The van der Waals surface area contributed by atoms with Crippen molar-refractivity contribution in [3.63, 3.8) is 0 Å². The molecule has 0 saturated carbocycles. The second kappa shape index (κ2) is 7.97. The third kappa shape index (κ3) is 4.23. The fraction of sp³-hybridized carbons (Fsp3) is 0.158. The van der Waals surface area contributed by atoms with Crippen molar-refractivity contribution < 1.29 is 19.1 Å². The Hall–Kier alpha value is -3.08. The fourth-order valence-electron chi connectivity index (χ4n) is 2.03. The molecule has 0 atom stereocenters. The van der Waals surface area contributed by atoms with E-state index in [2.05, 4.69) is 0 Å². The van der Waals surface area contributed by atoms with E-state index in [9.17, 15) is 9.59 Å². The van der Waals surface area contributed by atoms with Crippen molar-refractivity contribution in [2.45, 2.75) is 13.8 Å². The van der Waals surface area contributed by atoms with Crippen LogP contribution in [0.1, 0.15) is 22.8 Å². The van der Waals surface area contributed by atoms with Gasteiger partial charge in [-0.25, -0.2) is 4.79 Å². The zero-order chi connectivity index (χ0) is 17.5. The molecule has 0 spiro atoms. The highest BCUT2D eigenvalue weighted by Crippen LogP contribution is 2.18. The van der Waals surface area contributed by atoms with Crippen molar-refractivity contribution in [1.82, 2.24) is 0 Å². The van der Waals surface area contributed by atoms with Gasteiger partial charge >= 0.3 is 5.97 Å². The summed E-state index contributed by atoms with van der Waals surface area (Å²) in [6.45, 7) is 3.72. The van der Waals surface area contributed by atoms with Crippen LogP contribution in [0.3, 0.4) is 0 Å². The first-order chi connectivity index (χ1) is 11.5. The number of carbonyl (C=O) groups is 2. The Labute approximate surface area is 140 Å². The Balaban J connectivity index is 2.38. The van der Waals surface area contributed by atoms with Crippen molar-refractivity contribution >= 4 is 11.8 Å². The molecule has 0 amide bonds. The number of ketones is 1. The van der Waals surface area contributed by atoms with Crippen LogP contribution in [0.2, 0.25) is 0 Å². The average Bonchev–Trinajstić information content (AvgIpc) is 2.58. The van der Waals surface area contributed by atoms with Crippen LogP contribution >= 0.6 is 0 Å². The summed E-state index contributed by atoms with van der Waals surface area (Å²) in [4.78, 5) is 24.8. The summed E-state index contributed by atoms with van der Waals surface area (Å²) >= 11 is 0. The minimum absolute atomic E-state index is 0.127. The largest absolute Gasteiger partial charge is 0.462 e. The number of Topliss-reactive ketones (excluding diaryl/α,β-unsaturated/α-hetero) is 1. The third-order valence-electron chi connectivity index (χ3n) is 3.24. The van der Waals surface area contributed by atoms with Gasteiger partial charge in [-0.2, -0.15) is 0 Å². The van der Waals surface area contributed by atoms with Crippen LogP contribution in [0.25, 0.3) is 0 Å². The lowest BCUT2D eigenvalue weighted by molar-refractivity contribution is -0.138. The van der Waals surface area contributed by atoms with Crippen LogP contribution in [0.15, 0.2) is 66.1 Å². The molecule has 0 radical (unpaired) electrons. The summed E-state index contributed by atoms with van der Waals surface area (Å²) in [5, 5.41) is 0. The van der Waals surface area contributed by atoms with Gasteiger partial charge in [-0.05, 0) is 26.0 Å². The molecule has 5 heteroatoms. The van der Waals surface area contributed by atoms with Gasteiger partial charge in [0.25, 0.3) is 0 Å². The number of hydrogen-bond acceptors (Lipinski definition) is 5. The number of ether oxygens (including phenoxy) is 2. The van der Waals surface area contributed by atoms with Gasteiger partial charge in [0.05, 0.1) is 6.61 Å². The van der Waals surface area contributed by atoms with Crippen LogP contribution in [0.4, 0.5) is 0 Å². The Morgan fingerprint density at radius 3 is 2.21 bits per heavy atom. The molecule has 0 bridgehead atoms. The molecule has 24 heavy (non-hydrogen) atoms. The maximum atomic E-state index is 12.6. The van der Waals surface area contributed by atoms with Crippen LogP contribution in [-0.2, 0) is 9.53 Å². The third-order valence-corrected chi connectivity index (χ3v) is 3.24. The van der Waals surface area contributed by atoms with E-state index < -0.39 is 11.8 Å². The lowest BCUT2D eigenvalue weighted by Gasteiger charge is -2.11. The van der Waals surface area contributed by atoms with E-state index in [0.29, 0.717) is 11.3 Å². The second-order valence-electron chi connectivity index (χ2n) is 5.07. The number of hydrogen-bond donors (Lipinski definition) is 1. The van der Waals surface area contributed by atoms with Crippen molar-refractivity contribution in [3.05, 3.63) is 77.2 Å². The number of nitrogens with two attached hydrogens (primary N) is 1. The standard InChI is InChI=1S/C19H19NO4/c1-3-23-19(22)16(17(21)14-7-5-4-6-8-14)18(20)24-15-11-9-13(2)10-12-15/h4-12H,3,20H2,1-2H3/b18-16+. The molecule has 0 aliphatic heterocycles. The van der Waals surface area contributed by atoms with Crippen molar-refractivity contribution in [2.24, 2.45) is 5.73 Å². The Morgan fingerprint density at radius 2 is 1.62 bits per heavy atom. The summed E-state index contributed by atoms with van der Waals surface area (Å²) in [6.07, 6.45) is 0. The van der Waals surface area contributed by atoms with Gasteiger partial charge < -0.3 is 15.2 Å². The fourth-order valence-corrected chi connectivity index (χ4v) is 2.03. The first-order valence-electron chi connectivity index (χ1n) is 7.54. The van der Waals surface area contributed by atoms with E-state index in [-0.39, 0.29) is 18.1 Å². The lowest BCUT2D eigenvalue weighted by atomic mass is 10.0. The van der Waals surface area contributed by atoms with Crippen molar-refractivity contribution in [2.75, 3.05) is 6.61 Å². The molecule has 0 saturated heterocycles. The number of rotatable bonds is 6. The molecule has 0 fully saturated rings. The van der Waals surface area contributed by atoms with Gasteiger partial charge in [0.15, 0.2) is 5.57 Å². The molecular formula is C19H19NO4. The average molecular weight is 325 g/mol. The molecule has 2 N–H and O–H groups in total. The van der Waals surface area contributed by atoms with E-state index >= 15 is 0 Å². The highest BCUT2D eigenvalue weighted by Gasteiger charge is 2.26.